The Hall–Kier alpha value is -3.75. The number of benzene rings is 1. The molecule has 1 amide bonds. The van der Waals surface area contributed by atoms with Gasteiger partial charge in [0.2, 0.25) is 5.91 Å². The molecule has 0 bridgehead atoms. The van der Waals surface area contributed by atoms with Gasteiger partial charge < -0.3 is 28.9 Å². The number of aryl methyl sites for hydroxylation is 2. The zero-order valence-electron chi connectivity index (χ0n) is 21.7. The van der Waals surface area contributed by atoms with Gasteiger partial charge in [-0.1, -0.05) is 0 Å². The SMILES string of the molecule is CCN1CCN(c2cc(OC)cc3c2cc(C)c(=O)n3C)c2cnc(N3CCN(C(C)=O)CC3)cc21. The smallest absolute Gasteiger partial charge is 0.253 e. The Kier molecular flexibility index (Phi) is 6.24. The fourth-order valence-corrected chi connectivity index (χ4v) is 5.37. The Morgan fingerprint density at radius 1 is 1.00 bits per heavy atom. The van der Waals surface area contributed by atoms with Gasteiger partial charge in [0.25, 0.3) is 5.56 Å². The molecule has 0 spiro atoms. The first-order valence-corrected chi connectivity index (χ1v) is 12.5. The molecule has 1 saturated heterocycles. The molecule has 0 N–H and O–H groups in total. The van der Waals surface area contributed by atoms with Crippen molar-refractivity contribution in [2.75, 3.05) is 67.6 Å². The van der Waals surface area contributed by atoms with E-state index in [0.29, 0.717) is 24.4 Å². The van der Waals surface area contributed by atoms with Crippen molar-refractivity contribution in [2.24, 2.45) is 7.05 Å². The Morgan fingerprint density at radius 3 is 2.42 bits per heavy atom. The van der Waals surface area contributed by atoms with Gasteiger partial charge in [-0.2, -0.15) is 0 Å². The Bertz CT molecular complexity index is 1380. The summed E-state index contributed by atoms with van der Waals surface area (Å²) in [5.74, 6) is 1.77. The number of ether oxygens (including phenoxy) is 1. The van der Waals surface area contributed by atoms with Crippen LogP contribution in [0.5, 0.6) is 5.75 Å². The number of amides is 1. The molecule has 2 aliphatic rings. The second-order valence-electron chi connectivity index (χ2n) is 9.53. The Balaban J connectivity index is 1.59. The minimum absolute atomic E-state index is 0.00548. The van der Waals surface area contributed by atoms with Crippen molar-refractivity contribution in [3.63, 3.8) is 0 Å². The molecule has 0 radical (unpaired) electrons. The number of carbonyl (C=O) groups excluding carboxylic acids is 1. The van der Waals surface area contributed by atoms with Crippen LogP contribution < -0.4 is 25.0 Å². The van der Waals surface area contributed by atoms with E-state index in [1.165, 1.54) is 0 Å². The molecule has 3 aromatic rings. The number of carbonyl (C=O) groups is 1. The average Bonchev–Trinajstić information content (AvgIpc) is 2.90. The summed E-state index contributed by atoms with van der Waals surface area (Å²) in [6, 6.07) is 8.13. The van der Waals surface area contributed by atoms with Crippen molar-refractivity contribution in [3.05, 3.63) is 46.4 Å². The number of nitrogens with zero attached hydrogens (tertiary/aromatic N) is 6. The minimum Gasteiger partial charge on any atom is -0.497 e. The summed E-state index contributed by atoms with van der Waals surface area (Å²) in [6.45, 7) is 11.2. The largest absolute Gasteiger partial charge is 0.497 e. The van der Waals surface area contributed by atoms with Gasteiger partial charge >= 0.3 is 0 Å². The first kappa shape index (κ1) is 24.0. The van der Waals surface area contributed by atoms with E-state index in [1.54, 1.807) is 18.6 Å². The summed E-state index contributed by atoms with van der Waals surface area (Å²) < 4.78 is 7.33. The number of hydrogen-bond acceptors (Lipinski definition) is 7. The van der Waals surface area contributed by atoms with Gasteiger partial charge in [-0.25, -0.2) is 4.98 Å². The number of fused-ring (bicyclic) bond motifs is 2. The Labute approximate surface area is 211 Å². The molecule has 5 rings (SSSR count). The van der Waals surface area contributed by atoms with Gasteiger partial charge in [0.15, 0.2) is 0 Å². The lowest BCUT2D eigenvalue weighted by molar-refractivity contribution is -0.129. The van der Waals surface area contributed by atoms with Crippen LogP contribution in [0.1, 0.15) is 19.4 Å². The van der Waals surface area contributed by atoms with Crippen LogP contribution in [-0.2, 0) is 11.8 Å². The zero-order valence-corrected chi connectivity index (χ0v) is 21.7. The van der Waals surface area contributed by atoms with Gasteiger partial charge in [-0.3, -0.25) is 9.59 Å². The highest BCUT2D eigenvalue weighted by Gasteiger charge is 2.28. The van der Waals surface area contributed by atoms with E-state index >= 15 is 0 Å². The number of hydrogen-bond donors (Lipinski definition) is 0. The normalized spacial score (nSPS) is 15.9. The summed E-state index contributed by atoms with van der Waals surface area (Å²) in [4.78, 5) is 38.1. The number of anilines is 4. The van der Waals surface area contributed by atoms with Crippen LogP contribution in [-0.4, -0.2) is 73.3 Å². The van der Waals surface area contributed by atoms with Crippen LogP contribution in [0.25, 0.3) is 10.9 Å². The number of methoxy groups -OCH3 is 1. The summed E-state index contributed by atoms with van der Waals surface area (Å²) in [5, 5.41) is 1.01. The van der Waals surface area contributed by atoms with Crippen molar-refractivity contribution in [1.29, 1.82) is 0 Å². The minimum atomic E-state index is -0.00548. The first-order chi connectivity index (χ1) is 17.3. The summed E-state index contributed by atoms with van der Waals surface area (Å²) in [6.07, 6.45) is 1.96. The number of piperazine rings is 1. The lowest BCUT2D eigenvalue weighted by Gasteiger charge is -2.40. The number of rotatable bonds is 4. The molecule has 9 heteroatoms. The topological polar surface area (TPSA) is 74.2 Å². The van der Waals surface area contributed by atoms with Crippen molar-refractivity contribution in [3.8, 4) is 5.75 Å². The van der Waals surface area contributed by atoms with Gasteiger partial charge in [0.1, 0.15) is 11.6 Å². The molecule has 190 valence electrons. The number of pyridine rings is 2. The summed E-state index contributed by atoms with van der Waals surface area (Å²) in [5.41, 5.74) is 4.73. The maximum Gasteiger partial charge on any atom is 0.253 e. The molecule has 0 saturated carbocycles. The third-order valence-corrected chi connectivity index (χ3v) is 7.50. The van der Waals surface area contributed by atoms with Crippen LogP contribution in [0.3, 0.4) is 0 Å². The van der Waals surface area contributed by atoms with E-state index < -0.39 is 0 Å². The van der Waals surface area contributed by atoms with Crippen LogP contribution in [0.4, 0.5) is 22.9 Å². The molecule has 0 atom stereocenters. The third-order valence-electron chi connectivity index (χ3n) is 7.50. The second kappa shape index (κ2) is 9.37. The average molecular weight is 491 g/mol. The van der Waals surface area contributed by atoms with E-state index in [9.17, 15) is 9.59 Å². The molecule has 2 aliphatic heterocycles. The fourth-order valence-electron chi connectivity index (χ4n) is 5.37. The lowest BCUT2D eigenvalue weighted by atomic mass is 10.1. The van der Waals surface area contributed by atoms with Crippen LogP contribution in [0.2, 0.25) is 0 Å². The second-order valence-corrected chi connectivity index (χ2v) is 9.53. The monoisotopic (exact) mass is 490 g/mol. The van der Waals surface area contributed by atoms with Gasteiger partial charge in [0, 0.05) is 88.9 Å². The van der Waals surface area contributed by atoms with Crippen LogP contribution in [0.15, 0.2) is 35.3 Å². The molecule has 0 aliphatic carbocycles. The van der Waals surface area contributed by atoms with Crippen molar-refractivity contribution >= 4 is 39.7 Å². The van der Waals surface area contributed by atoms with Crippen molar-refractivity contribution in [2.45, 2.75) is 20.8 Å². The molecule has 2 aromatic heterocycles. The van der Waals surface area contributed by atoms with Crippen molar-refractivity contribution < 1.29 is 9.53 Å². The van der Waals surface area contributed by atoms with E-state index in [4.69, 9.17) is 9.72 Å². The standard InChI is InChI=1S/C27H34N6O3/c1-6-30-11-12-33(23-15-20(36-5)14-22-21(23)13-18(2)27(35)29(22)4)25-17-28-26(16-24(25)30)32-9-7-31(8-10-32)19(3)34/h13-17H,6-12H2,1-5H3. The lowest BCUT2D eigenvalue weighted by Crippen LogP contribution is -2.48. The highest BCUT2D eigenvalue weighted by Crippen LogP contribution is 2.42. The van der Waals surface area contributed by atoms with Gasteiger partial charge in [0.05, 0.1) is 35.9 Å². The number of likely N-dealkylation sites (N-methyl/N-ethyl adjacent to an activating group) is 1. The van der Waals surface area contributed by atoms with E-state index in [1.807, 2.05) is 43.3 Å². The maximum absolute atomic E-state index is 12.7. The van der Waals surface area contributed by atoms with Crippen molar-refractivity contribution in [1.82, 2.24) is 14.5 Å². The molecular formula is C27H34N6O3. The highest BCUT2D eigenvalue weighted by molar-refractivity contribution is 5.98. The van der Waals surface area contributed by atoms with Crippen LogP contribution >= 0.6 is 0 Å². The van der Waals surface area contributed by atoms with Crippen LogP contribution in [0, 0.1) is 6.92 Å². The first-order valence-electron chi connectivity index (χ1n) is 12.5. The van der Waals surface area contributed by atoms with Gasteiger partial charge in [-0.15, -0.1) is 0 Å². The third kappa shape index (κ3) is 4.02. The molecule has 1 fully saturated rings. The predicted molar refractivity (Wildman–Crippen MR) is 144 cm³/mol. The Morgan fingerprint density at radius 2 is 1.75 bits per heavy atom. The maximum atomic E-state index is 12.7. The molecular weight excluding hydrogens is 456 g/mol. The molecule has 36 heavy (non-hydrogen) atoms. The summed E-state index contributed by atoms with van der Waals surface area (Å²) in [7, 11) is 3.46. The molecule has 0 unspecified atom stereocenters. The predicted octanol–water partition coefficient (Wildman–Crippen LogP) is 2.90. The molecule has 9 nitrogen and oxygen atoms in total. The van der Waals surface area contributed by atoms with E-state index in [-0.39, 0.29) is 11.5 Å². The highest BCUT2D eigenvalue weighted by atomic mass is 16.5. The fraction of sp³-hybridized carbons (Fsp3) is 0.444. The van der Waals surface area contributed by atoms with E-state index in [0.717, 1.165) is 66.5 Å². The molecule has 1 aromatic carbocycles. The van der Waals surface area contributed by atoms with E-state index in [2.05, 4.69) is 27.7 Å². The van der Waals surface area contributed by atoms with Gasteiger partial charge in [-0.05, 0) is 19.9 Å². The summed E-state index contributed by atoms with van der Waals surface area (Å²) >= 11 is 0. The molecule has 4 heterocycles. The number of aromatic nitrogens is 2. The quantitative estimate of drug-likeness (QED) is 0.557. The zero-order chi connectivity index (χ0) is 25.6.